The monoisotopic (exact) mass is 347 g/mol. The maximum Gasteiger partial charge on any atom is 0.261 e. The van der Waals surface area contributed by atoms with Gasteiger partial charge >= 0.3 is 0 Å². The van der Waals surface area contributed by atoms with Crippen LogP contribution in [-0.2, 0) is 6.54 Å². The fourth-order valence-electron chi connectivity index (χ4n) is 2.70. The summed E-state index contributed by atoms with van der Waals surface area (Å²) in [7, 11) is 0. The molecule has 130 valence electrons. The van der Waals surface area contributed by atoms with Crippen molar-refractivity contribution in [2.45, 2.75) is 32.7 Å². The van der Waals surface area contributed by atoms with Crippen molar-refractivity contribution in [2.75, 3.05) is 0 Å². The van der Waals surface area contributed by atoms with Gasteiger partial charge in [-0.15, -0.1) is 0 Å². The lowest BCUT2D eigenvalue weighted by atomic mass is 10.1. The van der Waals surface area contributed by atoms with Crippen LogP contribution < -0.4 is 5.56 Å². The van der Waals surface area contributed by atoms with Gasteiger partial charge in [0.1, 0.15) is 0 Å². The first-order valence-electron chi connectivity index (χ1n) is 8.02. The molecule has 0 spiro atoms. The predicted molar refractivity (Wildman–Crippen MR) is 88.6 cm³/mol. The van der Waals surface area contributed by atoms with E-state index in [0.717, 1.165) is 31.7 Å². The Morgan fingerprint density at radius 1 is 1.08 bits per heavy atom. The second-order valence-corrected chi connectivity index (χ2v) is 5.76. The van der Waals surface area contributed by atoms with Gasteiger partial charge < -0.3 is 4.57 Å². The van der Waals surface area contributed by atoms with Crippen LogP contribution in [0.2, 0.25) is 0 Å². The zero-order valence-corrected chi connectivity index (χ0v) is 13.6. The molecule has 2 heterocycles. The number of unbranched alkanes of at least 4 members (excludes halogenated alkanes) is 2. The number of halogens is 3. The molecule has 0 unspecified atom stereocenters. The third-order valence-electron chi connectivity index (χ3n) is 4.01. The summed E-state index contributed by atoms with van der Waals surface area (Å²) in [6, 6.07) is 2.86. The fourth-order valence-corrected chi connectivity index (χ4v) is 2.70. The summed E-state index contributed by atoms with van der Waals surface area (Å²) in [6.07, 6.45) is 6.03. The van der Waals surface area contributed by atoms with E-state index in [1.807, 2.05) is 6.92 Å². The van der Waals surface area contributed by atoms with Gasteiger partial charge in [-0.05, 0) is 23.9 Å². The molecule has 0 radical (unpaired) electrons. The first kappa shape index (κ1) is 17.1. The second kappa shape index (κ2) is 7.04. The van der Waals surface area contributed by atoms with Crippen LogP contribution in [0.15, 0.2) is 35.5 Å². The standard InChI is InChI=1S/C18H16F3N3O/c1-2-3-4-6-24-7-5-11-8-13(17-22-9-12(19)10-23-17)15(20)16(21)14(11)18(24)25/h5,7-10H,2-4,6H2,1H3. The molecule has 0 N–H and O–H groups in total. The Labute approximate surface area is 142 Å². The van der Waals surface area contributed by atoms with Gasteiger partial charge in [0.2, 0.25) is 0 Å². The molecule has 2 aromatic heterocycles. The van der Waals surface area contributed by atoms with Gasteiger partial charge in [-0.2, -0.15) is 0 Å². The molecule has 1 aromatic carbocycles. The van der Waals surface area contributed by atoms with E-state index in [1.54, 1.807) is 12.3 Å². The molecular weight excluding hydrogens is 331 g/mol. The molecule has 0 atom stereocenters. The summed E-state index contributed by atoms with van der Waals surface area (Å²) in [5.74, 6) is -3.29. The SMILES string of the molecule is CCCCCn1ccc2cc(-c3ncc(F)cn3)c(F)c(F)c2c1=O. The number of nitrogens with zero attached hydrogens (tertiary/aromatic N) is 3. The van der Waals surface area contributed by atoms with E-state index >= 15 is 0 Å². The van der Waals surface area contributed by atoms with Crippen LogP contribution in [0.25, 0.3) is 22.2 Å². The smallest absolute Gasteiger partial charge is 0.261 e. The largest absolute Gasteiger partial charge is 0.315 e. The Hall–Kier alpha value is -2.70. The van der Waals surface area contributed by atoms with Crippen LogP contribution >= 0.6 is 0 Å². The highest BCUT2D eigenvalue weighted by atomic mass is 19.2. The minimum atomic E-state index is -1.24. The number of pyridine rings is 1. The van der Waals surface area contributed by atoms with Crippen LogP contribution in [-0.4, -0.2) is 14.5 Å². The van der Waals surface area contributed by atoms with Gasteiger partial charge in [0, 0.05) is 12.7 Å². The molecule has 0 amide bonds. The molecular formula is C18H16F3N3O. The van der Waals surface area contributed by atoms with Crippen molar-refractivity contribution in [1.82, 2.24) is 14.5 Å². The third kappa shape index (κ3) is 3.26. The minimum absolute atomic E-state index is 0.146. The van der Waals surface area contributed by atoms with Crippen molar-refractivity contribution < 1.29 is 13.2 Å². The van der Waals surface area contributed by atoms with Crippen molar-refractivity contribution in [3.05, 3.63) is 58.5 Å². The highest BCUT2D eigenvalue weighted by Crippen LogP contribution is 2.27. The number of rotatable bonds is 5. The Kier molecular flexibility index (Phi) is 4.83. The van der Waals surface area contributed by atoms with Crippen LogP contribution in [0, 0.1) is 17.5 Å². The molecule has 0 saturated heterocycles. The van der Waals surface area contributed by atoms with E-state index in [1.165, 1.54) is 10.6 Å². The summed E-state index contributed by atoms with van der Waals surface area (Å²) in [5.41, 5.74) is -0.787. The third-order valence-corrected chi connectivity index (χ3v) is 4.01. The lowest BCUT2D eigenvalue weighted by molar-refractivity contribution is 0.516. The zero-order valence-electron chi connectivity index (χ0n) is 13.6. The lowest BCUT2D eigenvalue weighted by Crippen LogP contribution is -2.21. The highest BCUT2D eigenvalue weighted by Gasteiger charge is 2.19. The van der Waals surface area contributed by atoms with Gasteiger partial charge in [-0.3, -0.25) is 4.79 Å². The number of aryl methyl sites for hydroxylation is 1. The van der Waals surface area contributed by atoms with Crippen LogP contribution in [0.4, 0.5) is 13.2 Å². The predicted octanol–water partition coefficient (Wildman–Crippen LogP) is 4.07. The van der Waals surface area contributed by atoms with Crippen LogP contribution in [0.5, 0.6) is 0 Å². The summed E-state index contributed by atoms with van der Waals surface area (Å²) >= 11 is 0. The van der Waals surface area contributed by atoms with E-state index in [0.29, 0.717) is 6.54 Å². The topological polar surface area (TPSA) is 47.8 Å². The first-order chi connectivity index (χ1) is 12.0. The molecule has 3 rings (SSSR count). The minimum Gasteiger partial charge on any atom is -0.315 e. The molecule has 3 aromatic rings. The van der Waals surface area contributed by atoms with E-state index < -0.39 is 23.0 Å². The molecule has 4 nitrogen and oxygen atoms in total. The summed E-state index contributed by atoms with van der Waals surface area (Å²) in [4.78, 5) is 19.8. The normalized spacial score (nSPS) is 11.2. The fraction of sp³-hybridized carbons (Fsp3) is 0.278. The number of hydrogen-bond donors (Lipinski definition) is 0. The van der Waals surface area contributed by atoms with E-state index in [4.69, 9.17) is 0 Å². The lowest BCUT2D eigenvalue weighted by Gasteiger charge is -2.10. The summed E-state index contributed by atoms with van der Waals surface area (Å²) < 4.78 is 43.3. The van der Waals surface area contributed by atoms with Gasteiger partial charge in [0.15, 0.2) is 23.3 Å². The average Bonchev–Trinajstić information content (AvgIpc) is 2.61. The quantitative estimate of drug-likeness (QED) is 0.654. The Bertz CT molecular complexity index is 968. The Morgan fingerprint density at radius 2 is 1.80 bits per heavy atom. The second-order valence-electron chi connectivity index (χ2n) is 5.76. The summed E-state index contributed by atoms with van der Waals surface area (Å²) in [5, 5.41) is -0.0547. The van der Waals surface area contributed by atoms with E-state index in [9.17, 15) is 18.0 Å². The molecule has 0 saturated carbocycles. The van der Waals surface area contributed by atoms with Gasteiger partial charge in [0.05, 0.1) is 23.3 Å². The number of aromatic nitrogens is 3. The maximum absolute atomic E-state index is 14.5. The maximum atomic E-state index is 14.5. The molecule has 0 aliphatic carbocycles. The van der Waals surface area contributed by atoms with Gasteiger partial charge in [0.25, 0.3) is 5.56 Å². The van der Waals surface area contributed by atoms with Crippen molar-refractivity contribution >= 4 is 10.8 Å². The highest BCUT2D eigenvalue weighted by molar-refractivity contribution is 5.86. The molecule has 0 bridgehead atoms. The van der Waals surface area contributed by atoms with Gasteiger partial charge in [-0.1, -0.05) is 19.8 Å². The van der Waals surface area contributed by atoms with Gasteiger partial charge in [-0.25, -0.2) is 23.1 Å². The summed E-state index contributed by atoms with van der Waals surface area (Å²) in [6.45, 7) is 2.49. The Morgan fingerprint density at radius 3 is 2.48 bits per heavy atom. The number of fused-ring (bicyclic) bond motifs is 1. The van der Waals surface area contributed by atoms with Crippen molar-refractivity contribution in [3.8, 4) is 11.4 Å². The van der Waals surface area contributed by atoms with Crippen LogP contribution in [0.1, 0.15) is 26.2 Å². The van der Waals surface area contributed by atoms with Crippen molar-refractivity contribution in [3.63, 3.8) is 0 Å². The van der Waals surface area contributed by atoms with E-state index in [2.05, 4.69) is 9.97 Å². The molecule has 25 heavy (non-hydrogen) atoms. The van der Waals surface area contributed by atoms with Crippen LogP contribution in [0.3, 0.4) is 0 Å². The molecule has 0 aliphatic rings. The number of benzene rings is 1. The van der Waals surface area contributed by atoms with Crippen molar-refractivity contribution in [2.24, 2.45) is 0 Å². The molecule has 7 heteroatoms. The Balaban J connectivity index is 2.13. The number of hydrogen-bond acceptors (Lipinski definition) is 3. The average molecular weight is 347 g/mol. The molecule has 0 aliphatic heterocycles. The van der Waals surface area contributed by atoms with Crippen molar-refractivity contribution in [1.29, 1.82) is 0 Å². The van der Waals surface area contributed by atoms with E-state index in [-0.39, 0.29) is 22.2 Å². The molecule has 0 fully saturated rings. The zero-order chi connectivity index (χ0) is 18.0. The first-order valence-corrected chi connectivity index (χ1v) is 8.02.